The van der Waals surface area contributed by atoms with Gasteiger partial charge in [0.2, 0.25) is 0 Å². The van der Waals surface area contributed by atoms with Crippen LogP contribution in [-0.2, 0) is 6.61 Å². The highest BCUT2D eigenvalue weighted by atomic mass is 35.5. The molecule has 2 aromatic carbocycles. The molecule has 31 heavy (non-hydrogen) atoms. The van der Waals surface area contributed by atoms with E-state index in [4.69, 9.17) is 4.74 Å². The first-order chi connectivity index (χ1) is 14.7. The Morgan fingerprint density at radius 3 is 2.45 bits per heavy atom. The van der Waals surface area contributed by atoms with Crippen LogP contribution in [0.4, 0.5) is 4.39 Å². The molecule has 1 aliphatic carbocycles. The average Bonchev–Trinajstić information content (AvgIpc) is 2.80. The summed E-state index contributed by atoms with van der Waals surface area (Å²) in [6.45, 7) is 2.21. The van der Waals surface area contributed by atoms with E-state index in [1.54, 1.807) is 0 Å². The third-order valence-corrected chi connectivity index (χ3v) is 7.16. The lowest BCUT2D eigenvalue weighted by molar-refractivity contribution is 0.0948. The summed E-state index contributed by atoms with van der Waals surface area (Å²) in [7, 11) is 0. The third-order valence-electron chi connectivity index (χ3n) is 7.16. The van der Waals surface area contributed by atoms with Gasteiger partial charge >= 0.3 is 0 Å². The molecule has 2 aromatic rings. The molecule has 2 aliphatic rings. The summed E-state index contributed by atoms with van der Waals surface area (Å²) in [6, 6.07) is 18.9. The monoisotopic (exact) mass is 445 g/mol. The van der Waals surface area contributed by atoms with E-state index in [-0.39, 0.29) is 12.4 Å². The van der Waals surface area contributed by atoms with Crippen LogP contribution < -0.4 is 10.1 Å². The van der Waals surface area contributed by atoms with Crippen LogP contribution in [0.2, 0.25) is 0 Å². The maximum atomic E-state index is 15.3. The van der Waals surface area contributed by atoms with Crippen LogP contribution in [0.3, 0.4) is 0 Å². The zero-order valence-corrected chi connectivity index (χ0v) is 19.3. The molecule has 1 saturated carbocycles. The minimum atomic E-state index is -0.987. The van der Waals surface area contributed by atoms with Gasteiger partial charge < -0.3 is 10.1 Å². The van der Waals surface area contributed by atoms with E-state index in [1.165, 1.54) is 43.2 Å². The fourth-order valence-corrected chi connectivity index (χ4v) is 5.33. The van der Waals surface area contributed by atoms with Crippen molar-refractivity contribution in [3.05, 3.63) is 65.7 Å². The Labute approximate surface area is 193 Å². The molecule has 1 saturated heterocycles. The van der Waals surface area contributed by atoms with Crippen LogP contribution in [0.5, 0.6) is 5.75 Å². The predicted molar refractivity (Wildman–Crippen MR) is 129 cm³/mol. The van der Waals surface area contributed by atoms with E-state index in [9.17, 15) is 0 Å². The Morgan fingerprint density at radius 1 is 0.968 bits per heavy atom. The maximum absolute atomic E-state index is 15.3. The zero-order chi connectivity index (χ0) is 20.7. The molecule has 0 spiro atoms. The first-order valence-electron chi connectivity index (χ1n) is 11.9. The first kappa shape index (κ1) is 24.1. The second kappa shape index (κ2) is 11.9. The molecule has 2 nitrogen and oxygen atoms in total. The lowest BCUT2D eigenvalue weighted by atomic mass is 9.73. The van der Waals surface area contributed by atoms with E-state index in [0.29, 0.717) is 37.7 Å². The number of piperidine rings is 1. The average molecular weight is 446 g/mol. The Hall–Kier alpha value is -1.58. The van der Waals surface area contributed by atoms with Crippen molar-refractivity contribution < 1.29 is 9.13 Å². The van der Waals surface area contributed by atoms with Gasteiger partial charge in [-0.15, -0.1) is 12.4 Å². The summed E-state index contributed by atoms with van der Waals surface area (Å²) in [5.74, 6) is 2.04. The van der Waals surface area contributed by atoms with Gasteiger partial charge in [0.05, 0.1) is 0 Å². The number of nitrogens with one attached hydrogen (secondary N) is 1. The van der Waals surface area contributed by atoms with Gasteiger partial charge in [-0.3, -0.25) is 0 Å². The lowest BCUT2D eigenvalue weighted by Crippen LogP contribution is -2.39. The van der Waals surface area contributed by atoms with Gasteiger partial charge in [0.25, 0.3) is 0 Å². The van der Waals surface area contributed by atoms with E-state index in [1.807, 2.05) is 24.3 Å². The number of benzene rings is 2. The molecule has 1 atom stereocenters. The molecule has 0 amide bonds. The molecule has 0 radical (unpaired) electrons. The zero-order valence-electron chi connectivity index (χ0n) is 18.5. The Morgan fingerprint density at radius 2 is 1.71 bits per heavy atom. The van der Waals surface area contributed by atoms with Gasteiger partial charge in [-0.2, -0.15) is 0 Å². The molecular formula is C27H37ClFNO. The van der Waals surface area contributed by atoms with Crippen molar-refractivity contribution in [1.29, 1.82) is 0 Å². The standard InChI is InChI=1S/C27H36FNO.ClH/c28-27(16-18-29-19-17-27)15-14-26(23-10-5-2-6-11-23)24-12-7-13-25(20-24)30-21-22-8-3-1-4-9-22;/h1,3-4,7-9,12-13,20,23,26,29H,2,5-6,10-11,14-19,21H2;1H. The third kappa shape index (κ3) is 6.95. The fraction of sp³-hybridized carbons (Fsp3) is 0.556. The largest absolute Gasteiger partial charge is 0.489 e. The number of hydrogen-bond acceptors (Lipinski definition) is 2. The summed E-state index contributed by atoms with van der Waals surface area (Å²) >= 11 is 0. The van der Waals surface area contributed by atoms with E-state index in [2.05, 4.69) is 35.6 Å². The van der Waals surface area contributed by atoms with Gasteiger partial charge in [0.1, 0.15) is 18.0 Å². The molecular weight excluding hydrogens is 409 g/mol. The van der Waals surface area contributed by atoms with Crippen molar-refractivity contribution in [2.45, 2.75) is 76.0 Å². The summed E-state index contributed by atoms with van der Waals surface area (Å²) in [4.78, 5) is 0. The highest BCUT2D eigenvalue weighted by Gasteiger charge is 2.34. The fourth-order valence-electron chi connectivity index (χ4n) is 5.33. The van der Waals surface area contributed by atoms with Gasteiger partial charge in [0, 0.05) is 0 Å². The van der Waals surface area contributed by atoms with Gasteiger partial charge in [-0.05, 0) is 86.7 Å². The SMILES string of the molecule is Cl.FC1(CCC(c2cccc(OCc3ccccc3)c2)C2CCCCC2)CCNCC1. The second-order valence-corrected chi connectivity index (χ2v) is 9.29. The minimum absolute atomic E-state index is 0. The minimum Gasteiger partial charge on any atom is -0.489 e. The molecule has 4 rings (SSSR count). The van der Waals surface area contributed by atoms with Crippen LogP contribution in [0.1, 0.15) is 74.8 Å². The maximum Gasteiger partial charge on any atom is 0.120 e. The number of ether oxygens (including phenoxy) is 1. The number of halogens is 2. The van der Waals surface area contributed by atoms with Crippen LogP contribution >= 0.6 is 12.4 Å². The van der Waals surface area contributed by atoms with Crippen LogP contribution in [0.15, 0.2) is 54.6 Å². The van der Waals surface area contributed by atoms with Gasteiger partial charge in [0.15, 0.2) is 0 Å². The van der Waals surface area contributed by atoms with E-state index in [0.717, 1.165) is 25.3 Å². The Balaban J connectivity index is 0.00000272. The molecule has 0 bridgehead atoms. The van der Waals surface area contributed by atoms with Crippen molar-refractivity contribution in [3.63, 3.8) is 0 Å². The van der Waals surface area contributed by atoms with Crippen molar-refractivity contribution in [2.24, 2.45) is 5.92 Å². The van der Waals surface area contributed by atoms with Crippen molar-refractivity contribution >= 4 is 12.4 Å². The smallest absolute Gasteiger partial charge is 0.120 e. The van der Waals surface area contributed by atoms with Crippen molar-refractivity contribution in [2.75, 3.05) is 13.1 Å². The predicted octanol–water partition coefficient (Wildman–Crippen LogP) is 7.22. The normalized spacial score (nSPS) is 19.9. The number of rotatable bonds is 8. The van der Waals surface area contributed by atoms with E-state index < -0.39 is 5.67 Å². The van der Waals surface area contributed by atoms with Crippen molar-refractivity contribution in [3.8, 4) is 5.75 Å². The molecule has 1 aliphatic heterocycles. The molecule has 1 N–H and O–H groups in total. The summed E-state index contributed by atoms with van der Waals surface area (Å²) < 4.78 is 21.4. The van der Waals surface area contributed by atoms with E-state index >= 15 is 4.39 Å². The summed E-state index contributed by atoms with van der Waals surface area (Å²) in [5.41, 5.74) is 1.53. The Bertz CT molecular complexity index is 772. The number of hydrogen-bond donors (Lipinski definition) is 1. The molecule has 1 heterocycles. The summed E-state index contributed by atoms with van der Waals surface area (Å²) in [6.07, 6.45) is 9.49. The van der Waals surface area contributed by atoms with Crippen molar-refractivity contribution in [1.82, 2.24) is 5.32 Å². The molecule has 170 valence electrons. The summed E-state index contributed by atoms with van der Waals surface area (Å²) in [5, 5.41) is 3.30. The quantitative estimate of drug-likeness (QED) is 0.463. The van der Waals surface area contributed by atoms with Crippen LogP contribution in [-0.4, -0.2) is 18.8 Å². The second-order valence-electron chi connectivity index (χ2n) is 9.29. The van der Waals surface area contributed by atoms with Gasteiger partial charge in [-0.1, -0.05) is 61.7 Å². The molecule has 4 heteroatoms. The van der Waals surface area contributed by atoms with Crippen LogP contribution in [0.25, 0.3) is 0 Å². The highest BCUT2D eigenvalue weighted by molar-refractivity contribution is 5.85. The molecule has 1 unspecified atom stereocenters. The number of alkyl halides is 1. The molecule has 0 aromatic heterocycles. The molecule has 2 fully saturated rings. The first-order valence-corrected chi connectivity index (χ1v) is 11.9. The Kier molecular flexibility index (Phi) is 9.22. The lowest BCUT2D eigenvalue weighted by Gasteiger charge is -2.35. The van der Waals surface area contributed by atoms with Crippen LogP contribution in [0, 0.1) is 5.92 Å². The van der Waals surface area contributed by atoms with Gasteiger partial charge in [-0.25, -0.2) is 4.39 Å². The topological polar surface area (TPSA) is 21.3 Å². The highest BCUT2D eigenvalue weighted by Crippen LogP contribution is 2.42.